The molecule has 0 radical (unpaired) electrons. The number of nitrogens with zero attached hydrogens (tertiary/aromatic N) is 1. The predicted molar refractivity (Wildman–Crippen MR) is 86.3 cm³/mol. The van der Waals surface area contributed by atoms with Crippen LogP contribution in [0.4, 0.5) is 4.39 Å². The molecule has 1 amide bonds. The third-order valence-electron chi connectivity index (χ3n) is 4.77. The van der Waals surface area contributed by atoms with Gasteiger partial charge in [-0.1, -0.05) is 6.07 Å². The van der Waals surface area contributed by atoms with E-state index in [0.717, 1.165) is 31.5 Å². The third-order valence-corrected chi connectivity index (χ3v) is 4.77. The topological polar surface area (TPSA) is 48.0 Å². The number of hydrogen-bond acceptors (Lipinski definition) is 4. The molecule has 2 aliphatic rings. The number of likely N-dealkylation sites (tertiary alicyclic amines) is 1. The fourth-order valence-electron chi connectivity index (χ4n) is 3.34. The average Bonchev–Trinajstić information content (AvgIpc) is 3.14. The van der Waals surface area contributed by atoms with Gasteiger partial charge in [0.25, 0.3) is 0 Å². The van der Waals surface area contributed by atoms with E-state index >= 15 is 0 Å². The number of methoxy groups -OCH3 is 1. The van der Waals surface area contributed by atoms with Crippen LogP contribution < -0.4 is 4.74 Å². The lowest BCUT2D eigenvalue weighted by molar-refractivity contribution is -0.136. The van der Waals surface area contributed by atoms with Crippen molar-refractivity contribution in [2.24, 2.45) is 5.92 Å². The summed E-state index contributed by atoms with van der Waals surface area (Å²) >= 11 is 0. The van der Waals surface area contributed by atoms with Gasteiger partial charge >= 0.3 is 0 Å². The minimum atomic E-state index is -0.389. The fraction of sp³-hybridized carbons (Fsp3) is 0.611. The van der Waals surface area contributed by atoms with E-state index in [1.807, 2.05) is 4.90 Å². The molecule has 0 unspecified atom stereocenters. The number of piperidine rings is 1. The summed E-state index contributed by atoms with van der Waals surface area (Å²) in [7, 11) is 1.44. The molecule has 0 spiro atoms. The van der Waals surface area contributed by atoms with Crippen LogP contribution in [0.1, 0.15) is 24.8 Å². The second-order valence-corrected chi connectivity index (χ2v) is 6.30. The van der Waals surface area contributed by atoms with Crippen molar-refractivity contribution in [3.05, 3.63) is 29.6 Å². The van der Waals surface area contributed by atoms with Crippen molar-refractivity contribution in [3.63, 3.8) is 0 Å². The largest absolute Gasteiger partial charge is 0.494 e. The fourth-order valence-corrected chi connectivity index (χ4v) is 3.34. The van der Waals surface area contributed by atoms with Gasteiger partial charge in [0.15, 0.2) is 17.9 Å². The first-order valence-corrected chi connectivity index (χ1v) is 8.51. The van der Waals surface area contributed by atoms with Crippen LogP contribution in [-0.2, 0) is 20.7 Å². The summed E-state index contributed by atoms with van der Waals surface area (Å²) in [6.45, 7) is 2.82. The third kappa shape index (κ3) is 4.05. The van der Waals surface area contributed by atoms with Crippen LogP contribution in [0, 0.1) is 11.7 Å². The van der Waals surface area contributed by atoms with Crippen molar-refractivity contribution < 1.29 is 23.4 Å². The molecule has 2 heterocycles. The van der Waals surface area contributed by atoms with Gasteiger partial charge in [-0.25, -0.2) is 4.39 Å². The maximum Gasteiger partial charge on any atom is 0.222 e. The maximum atomic E-state index is 13.7. The summed E-state index contributed by atoms with van der Waals surface area (Å²) in [6.07, 6.45) is 2.66. The van der Waals surface area contributed by atoms with Gasteiger partial charge in [-0.2, -0.15) is 0 Å². The molecule has 24 heavy (non-hydrogen) atoms. The van der Waals surface area contributed by atoms with Crippen LogP contribution in [0.5, 0.6) is 5.75 Å². The number of carbonyl (C=O) groups excluding carboxylic acids is 1. The van der Waals surface area contributed by atoms with Crippen LogP contribution in [0.2, 0.25) is 0 Å². The summed E-state index contributed by atoms with van der Waals surface area (Å²) < 4.78 is 29.7. The molecule has 1 aromatic carbocycles. The van der Waals surface area contributed by atoms with E-state index < -0.39 is 0 Å². The molecule has 5 nitrogen and oxygen atoms in total. The molecule has 0 N–H and O–H groups in total. The molecule has 0 saturated carbocycles. The van der Waals surface area contributed by atoms with E-state index in [2.05, 4.69) is 0 Å². The molecule has 0 atom stereocenters. The van der Waals surface area contributed by atoms with Crippen LogP contribution in [0.15, 0.2) is 18.2 Å². The van der Waals surface area contributed by atoms with Gasteiger partial charge in [0.05, 0.1) is 20.3 Å². The molecular formula is C18H24FNO4. The van der Waals surface area contributed by atoms with Gasteiger partial charge < -0.3 is 19.1 Å². The molecule has 3 rings (SSSR count). The second kappa shape index (κ2) is 7.94. The number of benzene rings is 1. The van der Waals surface area contributed by atoms with Crippen LogP contribution >= 0.6 is 0 Å². The number of ether oxygens (including phenoxy) is 3. The lowest BCUT2D eigenvalue weighted by Crippen LogP contribution is -2.41. The zero-order valence-corrected chi connectivity index (χ0v) is 14.0. The molecule has 6 heteroatoms. The van der Waals surface area contributed by atoms with Gasteiger partial charge in [0, 0.05) is 25.4 Å². The minimum absolute atomic E-state index is 0.0930. The van der Waals surface area contributed by atoms with Crippen LogP contribution in [-0.4, -0.2) is 50.5 Å². The monoisotopic (exact) mass is 337 g/mol. The Labute approximate surface area is 141 Å². The van der Waals surface area contributed by atoms with Crippen molar-refractivity contribution in [2.75, 3.05) is 33.4 Å². The van der Waals surface area contributed by atoms with Crippen molar-refractivity contribution in [1.82, 2.24) is 4.90 Å². The van der Waals surface area contributed by atoms with Crippen molar-refractivity contribution in [3.8, 4) is 5.75 Å². The van der Waals surface area contributed by atoms with Gasteiger partial charge in [0.2, 0.25) is 5.91 Å². The Bertz CT molecular complexity index is 566. The Kier molecular flexibility index (Phi) is 5.68. The maximum absolute atomic E-state index is 13.7. The molecule has 132 valence electrons. The van der Waals surface area contributed by atoms with Gasteiger partial charge in [-0.3, -0.25) is 4.79 Å². The number of hydrogen-bond donors (Lipinski definition) is 0. The zero-order valence-electron chi connectivity index (χ0n) is 14.0. The Morgan fingerprint density at radius 3 is 2.62 bits per heavy atom. The molecular weight excluding hydrogens is 313 g/mol. The second-order valence-electron chi connectivity index (χ2n) is 6.30. The first-order valence-electron chi connectivity index (χ1n) is 8.51. The summed E-state index contributed by atoms with van der Waals surface area (Å²) in [4.78, 5) is 14.2. The lowest BCUT2D eigenvalue weighted by Gasteiger charge is -2.34. The number of aryl methyl sites for hydroxylation is 1. The Balaban J connectivity index is 1.45. The molecule has 1 aromatic rings. The lowest BCUT2D eigenvalue weighted by atomic mass is 9.95. The first kappa shape index (κ1) is 17.2. The zero-order chi connectivity index (χ0) is 16.9. The molecule has 2 fully saturated rings. The highest BCUT2D eigenvalue weighted by Gasteiger charge is 2.31. The van der Waals surface area contributed by atoms with Crippen molar-refractivity contribution in [2.45, 2.75) is 32.0 Å². The smallest absolute Gasteiger partial charge is 0.222 e. The molecule has 0 bridgehead atoms. The Morgan fingerprint density at radius 2 is 2.00 bits per heavy atom. The minimum Gasteiger partial charge on any atom is -0.494 e. The number of halogens is 1. The molecule has 2 aliphatic heterocycles. The van der Waals surface area contributed by atoms with Gasteiger partial charge in [0.1, 0.15) is 0 Å². The van der Waals surface area contributed by atoms with Gasteiger partial charge in [-0.05, 0) is 37.0 Å². The molecule has 0 aromatic heterocycles. The summed E-state index contributed by atoms with van der Waals surface area (Å²) in [5, 5.41) is 0. The van der Waals surface area contributed by atoms with Crippen molar-refractivity contribution in [1.29, 1.82) is 0 Å². The van der Waals surface area contributed by atoms with Crippen molar-refractivity contribution >= 4 is 5.91 Å². The summed E-state index contributed by atoms with van der Waals surface area (Å²) in [5.74, 6) is 0.341. The van der Waals surface area contributed by atoms with Crippen LogP contribution in [0.25, 0.3) is 0 Å². The highest BCUT2D eigenvalue weighted by atomic mass is 19.1. The van der Waals surface area contributed by atoms with E-state index in [1.165, 1.54) is 13.2 Å². The Hall–Kier alpha value is -1.66. The summed E-state index contributed by atoms with van der Waals surface area (Å²) in [5.41, 5.74) is 0.810. The van der Waals surface area contributed by atoms with E-state index in [9.17, 15) is 9.18 Å². The van der Waals surface area contributed by atoms with E-state index in [4.69, 9.17) is 14.2 Å². The highest BCUT2D eigenvalue weighted by molar-refractivity contribution is 5.76. The standard InChI is InChI=1S/C18H24FNO4/c1-22-16-4-2-13(12-15(16)19)3-5-17(21)20-8-6-14(7-9-20)18-23-10-11-24-18/h2,4,12,14,18H,3,5-11H2,1H3. The predicted octanol–water partition coefficient (Wildman–Crippen LogP) is 2.38. The van der Waals surface area contributed by atoms with Crippen LogP contribution in [0.3, 0.4) is 0 Å². The quantitative estimate of drug-likeness (QED) is 0.828. The molecule has 2 saturated heterocycles. The van der Waals surface area contributed by atoms with E-state index in [-0.39, 0.29) is 23.8 Å². The normalized spacial score (nSPS) is 19.7. The van der Waals surface area contributed by atoms with Gasteiger partial charge in [-0.15, -0.1) is 0 Å². The van der Waals surface area contributed by atoms with E-state index in [1.54, 1.807) is 12.1 Å². The number of amides is 1. The number of rotatable bonds is 5. The number of carbonyl (C=O) groups is 1. The summed E-state index contributed by atoms with van der Waals surface area (Å²) in [6, 6.07) is 4.84. The average molecular weight is 337 g/mol. The molecule has 0 aliphatic carbocycles. The SMILES string of the molecule is COc1ccc(CCC(=O)N2CCC(C3OCCO3)CC2)cc1F. The Morgan fingerprint density at radius 1 is 1.29 bits per heavy atom. The van der Waals surface area contributed by atoms with E-state index in [0.29, 0.717) is 32.0 Å². The first-order chi connectivity index (χ1) is 11.7. The highest BCUT2D eigenvalue weighted by Crippen LogP contribution is 2.26.